The molecule has 31 heavy (non-hydrogen) atoms. The largest absolute Gasteiger partial charge is 0.439 e. The molecule has 0 aliphatic rings. The molecular formula is C21H22N6O3S. The van der Waals surface area contributed by atoms with Crippen LogP contribution < -0.4 is 9.46 Å². The first-order valence-electron chi connectivity index (χ1n) is 9.63. The Morgan fingerprint density at radius 3 is 2.42 bits per heavy atom. The van der Waals surface area contributed by atoms with E-state index in [-0.39, 0.29) is 11.1 Å². The first-order valence-corrected chi connectivity index (χ1v) is 11.1. The van der Waals surface area contributed by atoms with E-state index in [9.17, 15) is 8.42 Å². The summed E-state index contributed by atoms with van der Waals surface area (Å²) in [5.41, 5.74) is 0.401. The molecule has 0 aliphatic carbocycles. The molecule has 0 aliphatic heterocycles. The van der Waals surface area contributed by atoms with Crippen LogP contribution in [-0.2, 0) is 10.0 Å². The van der Waals surface area contributed by atoms with E-state index in [1.807, 2.05) is 42.9 Å². The summed E-state index contributed by atoms with van der Waals surface area (Å²) < 4.78 is 37.1. The molecule has 0 saturated heterocycles. The number of ether oxygens (including phenoxy) is 1. The van der Waals surface area contributed by atoms with Crippen LogP contribution in [0.15, 0.2) is 72.4 Å². The maximum Gasteiger partial charge on any atom is 0.280 e. The van der Waals surface area contributed by atoms with Gasteiger partial charge in [0.25, 0.3) is 10.0 Å². The monoisotopic (exact) mass is 438 g/mol. The van der Waals surface area contributed by atoms with Gasteiger partial charge in [0, 0.05) is 36.4 Å². The molecule has 4 aromatic rings. The lowest BCUT2D eigenvalue weighted by Gasteiger charge is -2.10. The molecule has 4 rings (SSSR count). The Kier molecular flexibility index (Phi) is 5.47. The molecule has 0 bridgehead atoms. The van der Waals surface area contributed by atoms with Crippen LogP contribution in [0.3, 0.4) is 0 Å². The van der Waals surface area contributed by atoms with E-state index in [0.717, 1.165) is 0 Å². The summed E-state index contributed by atoms with van der Waals surface area (Å²) >= 11 is 0. The van der Waals surface area contributed by atoms with Gasteiger partial charge in [-0.3, -0.25) is 4.72 Å². The predicted octanol–water partition coefficient (Wildman–Crippen LogP) is 3.95. The van der Waals surface area contributed by atoms with E-state index < -0.39 is 10.0 Å². The van der Waals surface area contributed by atoms with E-state index in [2.05, 4.69) is 19.7 Å². The van der Waals surface area contributed by atoms with Gasteiger partial charge < -0.3 is 13.9 Å². The van der Waals surface area contributed by atoms with Crippen molar-refractivity contribution in [3.05, 3.63) is 73.2 Å². The maximum absolute atomic E-state index is 12.6. The van der Waals surface area contributed by atoms with Crippen molar-refractivity contribution in [1.29, 1.82) is 0 Å². The Balaban J connectivity index is 1.48. The van der Waals surface area contributed by atoms with Crippen molar-refractivity contribution in [2.24, 2.45) is 0 Å². The molecule has 160 valence electrons. The van der Waals surface area contributed by atoms with Gasteiger partial charge in [0.05, 0.1) is 6.33 Å². The molecule has 9 nitrogen and oxygen atoms in total. The number of sulfonamides is 1. The van der Waals surface area contributed by atoms with Crippen molar-refractivity contribution in [2.75, 3.05) is 4.72 Å². The van der Waals surface area contributed by atoms with E-state index in [1.54, 1.807) is 41.8 Å². The number of nitrogens with zero attached hydrogens (tertiary/aromatic N) is 5. The number of rotatable bonds is 7. The zero-order chi connectivity index (χ0) is 22.0. The van der Waals surface area contributed by atoms with Crippen molar-refractivity contribution >= 4 is 15.7 Å². The highest BCUT2D eigenvalue weighted by molar-refractivity contribution is 7.92. The Morgan fingerprint density at radius 1 is 1.06 bits per heavy atom. The van der Waals surface area contributed by atoms with Gasteiger partial charge in [-0.25, -0.2) is 9.97 Å². The maximum atomic E-state index is 12.6. The van der Waals surface area contributed by atoms with Crippen LogP contribution in [0.5, 0.6) is 11.6 Å². The van der Waals surface area contributed by atoms with Crippen LogP contribution in [0.25, 0.3) is 5.82 Å². The summed E-state index contributed by atoms with van der Waals surface area (Å²) in [4.78, 5) is 12.7. The second-order valence-corrected chi connectivity index (χ2v) is 8.82. The standard InChI is InChI=1S/C21H22N6O3S/c1-15(2)27-13-21(22-14-27)31(28,29)25-17-6-8-18(9-7-17)30-20-12-19(23-16(3)24-20)26-10-4-5-11-26/h4-15,25H,1-3H3. The molecule has 10 heteroatoms. The third kappa shape index (κ3) is 4.75. The Hall–Kier alpha value is -3.66. The van der Waals surface area contributed by atoms with Gasteiger partial charge in [-0.15, -0.1) is 0 Å². The molecule has 0 atom stereocenters. The minimum atomic E-state index is -3.78. The predicted molar refractivity (Wildman–Crippen MR) is 116 cm³/mol. The van der Waals surface area contributed by atoms with Gasteiger partial charge >= 0.3 is 0 Å². The highest BCUT2D eigenvalue weighted by Gasteiger charge is 2.18. The number of hydrogen-bond acceptors (Lipinski definition) is 6. The Labute approximate surface area is 180 Å². The second kappa shape index (κ2) is 8.23. The summed E-state index contributed by atoms with van der Waals surface area (Å²) in [6.07, 6.45) is 6.78. The van der Waals surface area contributed by atoms with Crippen molar-refractivity contribution < 1.29 is 13.2 Å². The first kappa shape index (κ1) is 20.6. The average Bonchev–Trinajstić information content (AvgIpc) is 3.42. The van der Waals surface area contributed by atoms with Crippen LogP contribution in [-0.4, -0.2) is 32.5 Å². The van der Waals surface area contributed by atoms with Crippen molar-refractivity contribution in [2.45, 2.75) is 31.8 Å². The van der Waals surface area contributed by atoms with Crippen LogP contribution in [0, 0.1) is 6.92 Å². The summed E-state index contributed by atoms with van der Waals surface area (Å²) in [5, 5.41) is -0.0319. The molecule has 1 aromatic carbocycles. The molecule has 0 amide bonds. The third-order valence-corrected chi connectivity index (χ3v) is 5.71. The lowest BCUT2D eigenvalue weighted by molar-refractivity contribution is 0.459. The smallest absolute Gasteiger partial charge is 0.280 e. The molecule has 0 fully saturated rings. The first-order chi connectivity index (χ1) is 14.8. The van der Waals surface area contributed by atoms with Gasteiger partial charge in [0.15, 0.2) is 5.03 Å². The second-order valence-electron chi connectivity index (χ2n) is 7.19. The number of nitrogens with one attached hydrogen (secondary N) is 1. The fourth-order valence-electron chi connectivity index (χ4n) is 2.86. The summed E-state index contributed by atoms with van der Waals surface area (Å²) in [6.45, 7) is 5.69. The minimum absolute atomic E-state index is 0.0319. The van der Waals surface area contributed by atoms with Gasteiger partial charge in [0.1, 0.15) is 17.4 Å². The third-order valence-electron chi connectivity index (χ3n) is 4.45. The van der Waals surface area contributed by atoms with Gasteiger partial charge in [0.2, 0.25) is 5.88 Å². The molecule has 0 radical (unpaired) electrons. The molecule has 0 spiro atoms. The van der Waals surface area contributed by atoms with E-state index in [1.165, 1.54) is 12.5 Å². The number of aryl methyl sites for hydroxylation is 1. The normalized spacial score (nSPS) is 11.6. The fourth-order valence-corrected chi connectivity index (χ4v) is 3.85. The summed E-state index contributed by atoms with van der Waals surface area (Å²) in [5.74, 6) is 2.18. The highest BCUT2D eigenvalue weighted by Crippen LogP contribution is 2.24. The zero-order valence-electron chi connectivity index (χ0n) is 17.3. The van der Waals surface area contributed by atoms with Gasteiger partial charge in [-0.1, -0.05) is 0 Å². The zero-order valence-corrected chi connectivity index (χ0v) is 18.1. The summed E-state index contributed by atoms with van der Waals surface area (Å²) in [6, 6.07) is 12.2. The topological polar surface area (TPSA) is 104 Å². The van der Waals surface area contributed by atoms with E-state index in [4.69, 9.17) is 4.74 Å². The highest BCUT2D eigenvalue weighted by atomic mass is 32.2. The van der Waals surface area contributed by atoms with Crippen LogP contribution in [0.1, 0.15) is 25.7 Å². The lowest BCUT2D eigenvalue weighted by Crippen LogP contribution is -2.13. The van der Waals surface area contributed by atoms with Crippen molar-refractivity contribution in [1.82, 2.24) is 24.1 Å². The van der Waals surface area contributed by atoms with Crippen molar-refractivity contribution in [3.63, 3.8) is 0 Å². The molecular weight excluding hydrogens is 416 g/mol. The molecule has 3 heterocycles. The number of benzene rings is 1. The lowest BCUT2D eigenvalue weighted by atomic mass is 10.3. The SMILES string of the molecule is Cc1nc(Oc2ccc(NS(=O)(=O)c3cn(C(C)C)cn3)cc2)cc(-n2cccc2)n1. The van der Waals surface area contributed by atoms with Gasteiger partial charge in [-0.2, -0.15) is 13.4 Å². The molecule has 0 saturated carbocycles. The van der Waals surface area contributed by atoms with Crippen LogP contribution in [0.4, 0.5) is 5.69 Å². The Morgan fingerprint density at radius 2 is 1.77 bits per heavy atom. The molecule has 1 N–H and O–H groups in total. The summed E-state index contributed by atoms with van der Waals surface area (Å²) in [7, 11) is -3.78. The minimum Gasteiger partial charge on any atom is -0.439 e. The number of hydrogen-bond donors (Lipinski definition) is 1. The number of anilines is 1. The van der Waals surface area contributed by atoms with Crippen LogP contribution in [0.2, 0.25) is 0 Å². The quantitative estimate of drug-likeness (QED) is 0.469. The van der Waals surface area contributed by atoms with Gasteiger partial charge in [-0.05, 0) is 57.2 Å². The number of imidazole rings is 1. The van der Waals surface area contributed by atoms with E-state index >= 15 is 0 Å². The average molecular weight is 439 g/mol. The molecule has 3 aromatic heterocycles. The molecule has 0 unspecified atom stereocenters. The van der Waals surface area contributed by atoms with E-state index in [0.29, 0.717) is 29.0 Å². The Bertz CT molecular complexity index is 1280. The fraction of sp³-hybridized carbons (Fsp3) is 0.190. The van der Waals surface area contributed by atoms with Crippen LogP contribution >= 0.6 is 0 Å². The van der Waals surface area contributed by atoms with Crippen molar-refractivity contribution in [3.8, 4) is 17.4 Å². The number of aromatic nitrogens is 5.